The highest BCUT2D eigenvalue weighted by atomic mass is 32.2. The highest BCUT2D eigenvalue weighted by Gasteiger charge is 2.20. The van der Waals surface area contributed by atoms with E-state index in [9.17, 15) is 0 Å². The summed E-state index contributed by atoms with van der Waals surface area (Å²) in [4.78, 5) is 0. The largest absolute Gasteiger partial charge is 0.241 e. The predicted molar refractivity (Wildman–Crippen MR) is 63.2 cm³/mol. The molecule has 2 heterocycles. The van der Waals surface area contributed by atoms with E-state index in [1.807, 2.05) is 28.6 Å². The second kappa shape index (κ2) is 3.80. The number of fused-ring (bicyclic) bond motifs is 1. The molecule has 1 aliphatic heterocycles. The minimum atomic E-state index is 0.461. The Morgan fingerprint density at radius 3 is 3.19 bits per heavy atom. The fourth-order valence-electron chi connectivity index (χ4n) is 2.00. The van der Waals surface area contributed by atoms with Gasteiger partial charge in [0.2, 0.25) is 0 Å². The van der Waals surface area contributed by atoms with E-state index in [-0.39, 0.29) is 0 Å². The molecule has 1 saturated heterocycles. The predicted octanol–water partition coefficient (Wildman–Crippen LogP) is 1.98. The van der Waals surface area contributed by atoms with Crippen LogP contribution in [0.15, 0.2) is 18.2 Å². The Labute approximate surface area is 97.2 Å². The van der Waals surface area contributed by atoms with E-state index in [2.05, 4.69) is 16.4 Å². The van der Waals surface area contributed by atoms with Gasteiger partial charge in [-0.1, -0.05) is 5.21 Å². The molecular formula is C11H10N4S. The van der Waals surface area contributed by atoms with Crippen LogP contribution in [0.4, 0.5) is 0 Å². The fourth-order valence-corrected chi connectivity index (χ4v) is 3.18. The molecule has 0 radical (unpaired) electrons. The first-order chi connectivity index (χ1) is 7.88. The van der Waals surface area contributed by atoms with Crippen LogP contribution in [-0.2, 0) is 0 Å². The van der Waals surface area contributed by atoms with E-state index in [4.69, 9.17) is 5.26 Å². The van der Waals surface area contributed by atoms with Crippen LogP contribution >= 0.6 is 11.8 Å². The Hall–Kier alpha value is -1.54. The highest BCUT2D eigenvalue weighted by Crippen LogP contribution is 2.29. The second-order valence-corrected chi connectivity index (χ2v) is 5.02. The molecule has 0 N–H and O–H groups in total. The molecule has 0 saturated carbocycles. The molecule has 80 valence electrons. The van der Waals surface area contributed by atoms with E-state index in [0.29, 0.717) is 11.6 Å². The number of rotatable bonds is 1. The summed E-state index contributed by atoms with van der Waals surface area (Å²) < 4.78 is 2.00. The molecule has 1 aromatic heterocycles. The van der Waals surface area contributed by atoms with Crippen molar-refractivity contribution < 1.29 is 0 Å². The molecule has 16 heavy (non-hydrogen) atoms. The number of hydrogen-bond donors (Lipinski definition) is 0. The standard InChI is InChI=1S/C11H10N4S/c12-6-8-1-2-11-10(5-8)13-14-15(11)9-3-4-16-7-9/h1-2,5,9H,3-4,7H2. The molecule has 0 amide bonds. The van der Waals surface area contributed by atoms with Gasteiger partial charge in [-0.2, -0.15) is 17.0 Å². The topological polar surface area (TPSA) is 54.5 Å². The zero-order valence-corrected chi connectivity index (χ0v) is 9.44. The monoisotopic (exact) mass is 230 g/mol. The van der Waals surface area contributed by atoms with Crippen LogP contribution in [0.5, 0.6) is 0 Å². The van der Waals surface area contributed by atoms with Crippen LogP contribution in [-0.4, -0.2) is 26.5 Å². The third-order valence-electron chi connectivity index (χ3n) is 2.85. The summed E-state index contributed by atoms with van der Waals surface area (Å²) in [6, 6.07) is 8.14. The molecule has 5 heteroatoms. The van der Waals surface area contributed by atoms with Crippen LogP contribution < -0.4 is 0 Å². The Morgan fingerprint density at radius 1 is 1.50 bits per heavy atom. The first-order valence-electron chi connectivity index (χ1n) is 5.21. The lowest BCUT2D eigenvalue weighted by Crippen LogP contribution is -2.09. The summed E-state index contributed by atoms with van der Waals surface area (Å²) in [6.07, 6.45) is 1.16. The molecule has 1 aromatic carbocycles. The van der Waals surface area contributed by atoms with E-state index in [1.54, 1.807) is 6.07 Å². The third-order valence-corrected chi connectivity index (χ3v) is 4.00. The van der Waals surface area contributed by atoms with Gasteiger partial charge in [0.1, 0.15) is 5.52 Å². The molecule has 0 aliphatic carbocycles. The number of nitrogens with zero attached hydrogens (tertiary/aromatic N) is 4. The van der Waals surface area contributed by atoms with Crippen molar-refractivity contribution in [2.75, 3.05) is 11.5 Å². The Morgan fingerprint density at radius 2 is 2.44 bits per heavy atom. The van der Waals surface area contributed by atoms with E-state index in [1.165, 1.54) is 5.75 Å². The van der Waals surface area contributed by atoms with Crippen LogP contribution in [0.1, 0.15) is 18.0 Å². The van der Waals surface area contributed by atoms with E-state index < -0.39 is 0 Å². The summed E-state index contributed by atoms with van der Waals surface area (Å²) in [5.74, 6) is 2.31. The van der Waals surface area contributed by atoms with Gasteiger partial charge in [-0.25, -0.2) is 4.68 Å². The summed E-state index contributed by atoms with van der Waals surface area (Å²) in [6.45, 7) is 0. The van der Waals surface area contributed by atoms with Gasteiger partial charge in [0.15, 0.2) is 0 Å². The van der Waals surface area contributed by atoms with Crippen LogP contribution in [0.2, 0.25) is 0 Å². The fraction of sp³-hybridized carbons (Fsp3) is 0.364. The van der Waals surface area contributed by atoms with Gasteiger partial charge in [-0.15, -0.1) is 5.10 Å². The van der Waals surface area contributed by atoms with Gasteiger partial charge < -0.3 is 0 Å². The molecule has 0 spiro atoms. The molecule has 2 aromatic rings. The summed E-state index contributed by atoms with van der Waals surface area (Å²) >= 11 is 1.96. The van der Waals surface area contributed by atoms with Crippen LogP contribution in [0.25, 0.3) is 11.0 Å². The van der Waals surface area contributed by atoms with Crippen molar-refractivity contribution in [1.82, 2.24) is 15.0 Å². The number of hydrogen-bond acceptors (Lipinski definition) is 4. The first kappa shape index (κ1) is 9.67. The van der Waals surface area contributed by atoms with Gasteiger partial charge in [-0.05, 0) is 30.4 Å². The minimum Gasteiger partial charge on any atom is -0.241 e. The van der Waals surface area contributed by atoms with E-state index in [0.717, 1.165) is 23.2 Å². The van der Waals surface area contributed by atoms with Gasteiger partial charge in [0.05, 0.1) is 23.2 Å². The number of benzene rings is 1. The van der Waals surface area contributed by atoms with Gasteiger partial charge in [0.25, 0.3) is 0 Å². The number of aromatic nitrogens is 3. The summed E-state index contributed by atoms with van der Waals surface area (Å²) in [7, 11) is 0. The maximum absolute atomic E-state index is 8.81. The average molecular weight is 230 g/mol. The second-order valence-electron chi connectivity index (χ2n) is 3.87. The number of nitriles is 1. The lowest BCUT2D eigenvalue weighted by molar-refractivity contribution is 0.501. The van der Waals surface area contributed by atoms with Gasteiger partial charge >= 0.3 is 0 Å². The Kier molecular flexibility index (Phi) is 2.29. The summed E-state index contributed by atoms with van der Waals surface area (Å²) in [5.41, 5.74) is 2.49. The van der Waals surface area contributed by atoms with Crippen molar-refractivity contribution in [3.8, 4) is 6.07 Å². The highest BCUT2D eigenvalue weighted by molar-refractivity contribution is 7.99. The molecule has 1 unspecified atom stereocenters. The molecular weight excluding hydrogens is 220 g/mol. The third kappa shape index (κ3) is 1.46. The number of thioether (sulfide) groups is 1. The van der Waals surface area contributed by atoms with Crippen molar-refractivity contribution in [3.05, 3.63) is 23.8 Å². The maximum atomic E-state index is 8.81. The minimum absolute atomic E-state index is 0.461. The summed E-state index contributed by atoms with van der Waals surface area (Å²) in [5, 5.41) is 17.1. The molecule has 1 atom stereocenters. The average Bonchev–Trinajstić information content (AvgIpc) is 2.96. The maximum Gasteiger partial charge on any atom is 0.114 e. The lowest BCUT2D eigenvalue weighted by atomic mass is 10.2. The smallest absolute Gasteiger partial charge is 0.114 e. The zero-order valence-electron chi connectivity index (χ0n) is 8.63. The molecule has 4 nitrogen and oxygen atoms in total. The lowest BCUT2D eigenvalue weighted by Gasteiger charge is -2.08. The SMILES string of the molecule is N#Cc1ccc2c(c1)nnn2C1CCSC1. The molecule has 1 aliphatic rings. The van der Waals surface area contributed by atoms with Gasteiger partial charge in [-0.3, -0.25) is 0 Å². The van der Waals surface area contributed by atoms with Crippen LogP contribution in [0.3, 0.4) is 0 Å². The van der Waals surface area contributed by atoms with Gasteiger partial charge in [0, 0.05) is 5.75 Å². The Balaban J connectivity index is 2.10. The Bertz CT molecular complexity index is 563. The molecule has 1 fully saturated rings. The van der Waals surface area contributed by atoms with Crippen molar-refractivity contribution in [2.45, 2.75) is 12.5 Å². The zero-order chi connectivity index (χ0) is 11.0. The van der Waals surface area contributed by atoms with Crippen molar-refractivity contribution >= 4 is 22.8 Å². The quantitative estimate of drug-likeness (QED) is 0.751. The van der Waals surface area contributed by atoms with Crippen molar-refractivity contribution in [1.29, 1.82) is 5.26 Å². The van der Waals surface area contributed by atoms with Crippen molar-refractivity contribution in [3.63, 3.8) is 0 Å². The normalized spacial score (nSPS) is 20.1. The van der Waals surface area contributed by atoms with Crippen molar-refractivity contribution in [2.24, 2.45) is 0 Å². The molecule has 0 bridgehead atoms. The van der Waals surface area contributed by atoms with E-state index >= 15 is 0 Å². The molecule has 3 rings (SSSR count). The van der Waals surface area contributed by atoms with Crippen LogP contribution in [0, 0.1) is 11.3 Å². The first-order valence-corrected chi connectivity index (χ1v) is 6.37.